The molecular formula is C24H32N2O5. The Hall–Kier alpha value is -2.93. The van der Waals surface area contributed by atoms with Gasteiger partial charge in [-0.05, 0) is 41.8 Å². The molecule has 0 aromatic heterocycles. The lowest BCUT2D eigenvalue weighted by molar-refractivity contribution is -0.133. The molecule has 1 aliphatic rings. The Balaban J connectivity index is 1.47. The number of amides is 1. The normalized spacial score (nSPS) is 14.3. The summed E-state index contributed by atoms with van der Waals surface area (Å²) in [5, 5.41) is 0. The Morgan fingerprint density at radius 1 is 0.742 bits per heavy atom. The van der Waals surface area contributed by atoms with Crippen LogP contribution in [0, 0.1) is 0 Å². The molecule has 0 saturated carbocycles. The number of rotatable bonds is 9. The minimum atomic E-state index is 0.195. The van der Waals surface area contributed by atoms with E-state index in [1.165, 1.54) is 5.56 Å². The van der Waals surface area contributed by atoms with Crippen LogP contribution in [0.15, 0.2) is 36.4 Å². The smallest absolute Gasteiger partial charge is 0.222 e. The first-order valence-corrected chi connectivity index (χ1v) is 10.5. The lowest BCUT2D eigenvalue weighted by atomic mass is 10.1. The summed E-state index contributed by atoms with van der Waals surface area (Å²) >= 11 is 0. The number of aryl methyl sites for hydroxylation is 1. The SMILES string of the molecule is COc1ccc(CCC(=O)N2CCN(Cc3ccc(OC)c(OC)c3)CC2)cc1OC. The summed E-state index contributed by atoms with van der Waals surface area (Å²) in [6, 6.07) is 11.8. The van der Waals surface area contributed by atoms with Crippen LogP contribution in [-0.2, 0) is 17.8 Å². The highest BCUT2D eigenvalue weighted by atomic mass is 16.5. The van der Waals surface area contributed by atoms with E-state index in [1.54, 1.807) is 28.4 Å². The van der Waals surface area contributed by atoms with E-state index < -0.39 is 0 Å². The fraction of sp³-hybridized carbons (Fsp3) is 0.458. The van der Waals surface area contributed by atoms with Gasteiger partial charge in [-0.1, -0.05) is 12.1 Å². The molecule has 2 aromatic rings. The van der Waals surface area contributed by atoms with Gasteiger partial charge in [0.15, 0.2) is 23.0 Å². The van der Waals surface area contributed by atoms with Crippen molar-refractivity contribution in [3.05, 3.63) is 47.5 Å². The molecule has 1 fully saturated rings. The predicted molar refractivity (Wildman–Crippen MR) is 119 cm³/mol. The van der Waals surface area contributed by atoms with Crippen molar-refractivity contribution >= 4 is 5.91 Å². The third kappa shape index (κ3) is 5.82. The molecule has 0 N–H and O–H groups in total. The average Bonchev–Trinajstić information content (AvgIpc) is 2.82. The molecule has 0 aliphatic carbocycles. The third-order valence-corrected chi connectivity index (χ3v) is 5.65. The first-order chi connectivity index (χ1) is 15.1. The molecule has 1 aliphatic heterocycles. The molecule has 0 atom stereocenters. The zero-order chi connectivity index (χ0) is 22.2. The van der Waals surface area contributed by atoms with E-state index in [0.717, 1.165) is 49.8 Å². The highest BCUT2D eigenvalue weighted by Gasteiger charge is 2.21. The summed E-state index contributed by atoms with van der Waals surface area (Å²) in [5.74, 6) is 3.06. The highest BCUT2D eigenvalue weighted by molar-refractivity contribution is 5.76. The van der Waals surface area contributed by atoms with Gasteiger partial charge >= 0.3 is 0 Å². The zero-order valence-corrected chi connectivity index (χ0v) is 18.8. The molecule has 0 bridgehead atoms. The van der Waals surface area contributed by atoms with E-state index in [-0.39, 0.29) is 5.91 Å². The number of hydrogen-bond acceptors (Lipinski definition) is 6. The van der Waals surface area contributed by atoms with Crippen molar-refractivity contribution in [2.45, 2.75) is 19.4 Å². The number of methoxy groups -OCH3 is 4. The maximum absolute atomic E-state index is 12.7. The molecular weight excluding hydrogens is 396 g/mol. The Kier molecular flexibility index (Phi) is 8.00. The van der Waals surface area contributed by atoms with E-state index in [2.05, 4.69) is 11.0 Å². The molecule has 7 nitrogen and oxygen atoms in total. The molecule has 3 rings (SSSR count). The van der Waals surface area contributed by atoms with Gasteiger partial charge in [-0.15, -0.1) is 0 Å². The van der Waals surface area contributed by atoms with E-state index in [4.69, 9.17) is 18.9 Å². The molecule has 1 saturated heterocycles. The first-order valence-electron chi connectivity index (χ1n) is 10.5. The van der Waals surface area contributed by atoms with Crippen molar-refractivity contribution in [2.24, 2.45) is 0 Å². The number of piperazine rings is 1. The summed E-state index contributed by atoms with van der Waals surface area (Å²) in [4.78, 5) is 17.0. The van der Waals surface area contributed by atoms with Gasteiger partial charge in [0.1, 0.15) is 0 Å². The van der Waals surface area contributed by atoms with Gasteiger partial charge in [0.05, 0.1) is 28.4 Å². The largest absolute Gasteiger partial charge is 0.493 e. The molecule has 2 aromatic carbocycles. The Morgan fingerprint density at radius 2 is 1.26 bits per heavy atom. The second-order valence-electron chi connectivity index (χ2n) is 7.54. The molecule has 1 heterocycles. The van der Waals surface area contributed by atoms with Crippen molar-refractivity contribution in [3.63, 3.8) is 0 Å². The highest BCUT2D eigenvalue weighted by Crippen LogP contribution is 2.29. The third-order valence-electron chi connectivity index (χ3n) is 5.65. The lowest BCUT2D eigenvalue weighted by Crippen LogP contribution is -2.48. The van der Waals surface area contributed by atoms with Crippen LogP contribution >= 0.6 is 0 Å². The van der Waals surface area contributed by atoms with E-state index >= 15 is 0 Å². The van der Waals surface area contributed by atoms with Gasteiger partial charge in [0.25, 0.3) is 0 Å². The topological polar surface area (TPSA) is 60.5 Å². The van der Waals surface area contributed by atoms with Gasteiger partial charge in [-0.25, -0.2) is 0 Å². The minimum absolute atomic E-state index is 0.195. The lowest BCUT2D eigenvalue weighted by Gasteiger charge is -2.35. The monoisotopic (exact) mass is 428 g/mol. The Bertz CT molecular complexity index is 878. The number of carbonyl (C=O) groups excluding carboxylic acids is 1. The molecule has 0 radical (unpaired) electrons. The summed E-state index contributed by atoms with van der Waals surface area (Å²) in [6.07, 6.45) is 1.18. The molecule has 0 unspecified atom stereocenters. The molecule has 168 valence electrons. The van der Waals surface area contributed by atoms with Crippen molar-refractivity contribution in [1.82, 2.24) is 9.80 Å². The zero-order valence-electron chi connectivity index (χ0n) is 18.8. The minimum Gasteiger partial charge on any atom is -0.493 e. The second kappa shape index (κ2) is 10.9. The maximum atomic E-state index is 12.7. The van der Waals surface area contributed by atoms with Gasteiger partial charge in [-0.3, -0.25) is 9.69 Å². The molecule has 31 heavy (non-hydrogen) atoms. The summed E-state index contributed by atoms with van der Waals surface area (Å²) in [7, 11) is 6.52. The van der Waals surface area contributed by atoms with Crippen LogP contribution in [0.3, 0.4) is 0 Å². The first kappa shape index (κ1) is 22.7. The van der Waals surface area contributed by atoms with E-state index in [0.29, 0.717) is 24.3 Å². The van der Waals surface area contributed by atoms with Gasteiger partial charge in [0, 0.05) is 39.1 Å². The van der Waals surface area contributed by atoms with Crippen LogP contribution in [0.25, 0.3) is 0 Å². The van der Waals surface area contributed by atoms with Crippen molar-refractivity contribution in [2.75, 3.05) is 54.6 Å². The number of nitrogens with zero attached hydrogens (tertiary/aromatic N) is 2. The fourth-order valence-corrected chi connectivity index (χ4v) is 3.84. The second-order valence-corrected chi connectivity index (χ2v) is 7.54. The predicted octanol–water partition coefficient (Wildman–Crippen LogP) is 3.00. The number of benzene rings is 2. The summed E-state index contributed by atoms with van der Waals surface area (Å²) in [5.41, 5.74) is 2.24. The number of ether oxygens (including phenoxy) is 4. The van der Waals surface area contributed by atoms with E-state index in [1.807, 2.05) is 35.2 Å². The molecule has 1 amide bonds. The quantitative estimate of drug-likeness (QED) is 0.612. The van der Waals surface area contributed by atoms with Crippen LogP contribution < -0.4 is 18.9 Å². The van der Waals surface area contributed by atoms with Crippen LogP contribution in [0.2, 0.25) is 0 Å². The molecule has 7 heteroatoms. The summed E-state index contributed by atoms with van der Waals surface area (Å²) in [6.45, 7) is 4.04. The van der Waals surface area contributed by atoms with Gasteiger partial charge in [0.2, 0.25) is 5.91 Å². The standard InChI is InChI=1S/C24H32N2O5/c1-28-20-8-5-18(15-22(20)30-3)7-10-24(27)26-13-11-25(12-14-26)17-19-6-9-21(29-2)23(16-19)31-4/h5-6,8-9,15-16H,7,10-14,17H2,1-4H3. The number of carbonyl (C=O) groups is 1. The van der Waals surface area contributed by atoms with Crippen LogP contribution in [0.1, 0.15) is 17.5 Å². The van der Waals surface area contributed by atoms with Crippen molar-refractivity contribution in [3.8, 4) is 23.0 Å². The molecule has 0 spiro atoms. The average molecular weight is 429 g/mol. The summed E-state index contributed by atoms with van der Waals surface area (Å²) < 4.78 is 21.3. The maximum Gasteiger partial charge on any atom is 0.222 e. The van der Waals surface area contributed by atoms with Crippen LogP contribution in [0.4, 0.5) is 0 Å². The van der Waals surface area contributed by atoms with E-state index in [9.17, 15) is 4.79 Å². The van der Waals surface area contributed by atoms with Crippen molar-refractivity contribution < 1.29 is 23.7 Å². The van der Waals surface area contributed by atoms with Crippen LogP contribution in [-0.4, -0.2) is 70.3 Å². The number of hydrogen-bond donors (Lipinski definition) is 0. The van der Waals surface area contributed by atoms with Crippen molar-refractivity contribution in [1.29, 1.82) is 0 Å². The van der Waals surface area contributed by atoms with Gasteiger partial charge in [-0.2, -0.15) is 0 Å². The Labute approximate surface area is 184 Å². The van der Waals surface area contributed by atoms with Gasteiger partial charge < -0.3 is 23.8 Å². The Morgan fingerprint density at radius 3 is 1.81 bits per heavy atom. The van der Waals surface area contributed by atoms with Crippen LogP contribution in [0.5, 0.6) is 23.0 Å². The fourth-order valence-electron chi connectivity index (χ4n) is 3.84.